The molecule has 260 valence electrons. The topological polar surface area (TPSA) is 99.0 Å². The lowest BCUT2D eigenvalue weighted by molar-refractivity contribution is -0.186. The highest BCUT2D eigenvalue weighted by Crippen LogP contribution is 2.24. The van der Waals surface area contributed by atoms with Crippen molar-refractivity contribution in [1.29, 1.82) is 0 Å². The van der Waals surface area contributed by atoms with E-state index in [4.69, 9.17) is 17.3 Å². The van der Waals surface area contributed by atoms with Crippen molar-refractivity contribution in [3.63, 3.8) is 0 Å². The Labute approximate surface area is 277 Å². The Kier molecular flexibility index (Phi) is 13.6. The molecule has 0 radical (unpaired) electrons. The molecule has 0 spiro atoms. The van der Waals surface area contributed by atoms with E-state index in [-0.39, 0.29) is 51.0 Å². The average molecular weight is 688 g/mol. The number of benzene rings is 2. The third kappa shape index (κ3) is 11.1. The summed E-state index contributed by atoms with van der Waals surface area (Å²) in [5.41, 5.74) is 6.10. The van der Waals surface area contributed by atoms with Gasteiger partial charge in [-0.05, 0) is 62.1 Å². The zero-order chi connectivity index (χ0) is 34.9. The van der Waals surface area contributed by atoms with Crippen LogP contribution in [0, 0.1) is 5.82 Å². The van der Waals surface area contributed by atoms with Crippen molar-refractivity contribution in [3.05, 3.63) is 70.5 Å². The van der Waals surface area contributed by atoms with Crippen molar-refractivity contribution in [2.75, 3.05) is 39.4 Å². The monoisotopic (exact) mass is 687 g/mol. The van der Waals surface area contributed by atoms with E-state index < -0.39 is 54.6 Å². The molecule has 1 heterocycles. The average Bonchev–Trinajstić information content (AvgIpc) is 3.00. The molecule has 1 fully saturated rings. The largest absolute Gasteiger partial charge is 0.471 e. The summed E-state index contributed by atoms with van der Waals surface area (Å²) in [6, 6.07) is 10.3. The fraction of sp³-hybridized carbons (Fsp3) is 0.545. The number of nitrogens with two attached hydrogens (primary N) is 1. The molecular weight excluding hydrogens is 645 g/mol. The second kappa shape index (κ2) is 16.7. The number of carbonyl (C=O) groups is 3. The van der Waals surface area contributed by atoms with Gasteiger partial charge in [0.1, 0.15) is 18.5 Å². The summed E-state index contributed by atoms with van der Waals surface area (Å²) in [6.07, 6.45) is -3.62. The smallest absolute Gasteiger partial charge is 0.342 e. The summed E-state index contributed by atoms with van der Waals surface area (Å²) < 4.78 is 67.4. The molecule has 0 aliphatic carbocycles. The lowest BCUT2D eigenvalue weighted by Gasteiger charge is -2.46. The standard InChI is InChI=1S/C33H43ClF5N5O3/c1-4-5-26-20-42(27(18-22-6-10-24(34)11-7-22)21-43(15-14-35)31(47)33(37,38)39)16-17-44(26)29(45)28(41-30(46)32(2,3)40)19-23-8-12-25(36)13-9-23/h6-13,26-28H,4-5,14-21,40H2,1-3H3,(H,41,46). The first-order chi connectivity index (χ1) is 22.0. The maximum Gasteiger partial charge on any atom is 0.471 e. The van der Waals surface area contributed by atoms with E-state index in [1.807, 2.05) is 11.8 Å². The van der Waals surface area contributed by atoms with Gasteiger partial charge in [-0.15, -0.1) is 0 Å². The molecule has 3 N–H and O–H groups in total. The first-order valence-corrected chi connectivity index (χ1v) is 16.0. The molecule has 47 heavy (non-hydrogen) atoms. The lowest BCUT2D eigenvalue weighted by atomic mass is 9.97. The van der Waals surface area contributed by atoms with E-state index in [0.29, 0.717) is 28.3 Å². The predicted octanol–water partition coefficient (Wildman–Crippen LogP) is 4.53. The van der Waals surface area contributed by atoms with Crippen LogP contribution in [0.25, 0.3) is 0 Å². The van der Waals surface area contributed by atoms with Crippen LogP contribution < -0.4 is 11.1 Å². The van der Waals surface area contributed by atoms with Gasteiger partial charge in [0.2, 0.25) is 11.8 Å². The van der Waals surface area contributed by atoms with Crippen LogP contribution in [0.4, 0.5) is 22.0 Å². The Bertz CT molecular complexity index is 1340. The molecule has 3 rings (SSSR count). The molecule has 2 aromatic rings. The van der Waals surface area contributed by atoms with E-state index in [0.717, 1.165) is 5.56 Å². The Hall–Kier alpha value is -3.29. The molecule has 3 atom stereocenters. The SMILES string of the molecule is CCCC1CN(C(Cc2ccc(Cl)cc2)CN(CCF)C(=O)C(F)(F)F)CCN1C(=O)C(Cc1ccc(F)cc1)NC(=O)C(C)(C)N. The van der Waals surface area contributed by atoms with E-state index in [2.05, 4.69) is 5.32 Å². The Balaban J connectivity index is 1.91. The van der Waals surface area contributed by atoms with Crippen molar-refractivity contribution >= 4 is 29.3 Å². The van der Waals surface area contributed by atoms with Crippen molar-refractivity contribution in [1.82, 2.24) is 20.0 Å². The Morgan fingerprint density at radius 2 is 1.62 bits per heavy atom. The number of carbonyl (C=O) groups excluding carboxylic acids is 3. The molecule has 1 aliphatic rings. The molecule has 1 aliphatic heterocycles. The number of amides is 3. The summed E-state index contributed by atoms with van der Waals surface area (Å²) in [5, 5.41) is 3.24. The van der Waals surface area contributed by atoms with Crippen LogP contribution in [-0.2, 0) is 27.2 Å². The summed E-state index contributed by atoms with van der Waals surface area (Å²) in [6.45, 7) is 3.41. The highest BCUT2D eigenvalue weighted by atomic mass is 35.5. The van der Waals surface area contributed by atoms with Gasteiger partial charge in [0.15, 0.2) is 0 Å². The Morgan fingerprint density at radius 3 is 2.17 bits per heavy atom. The number of nitrogens with zero attached hydrogens (tertiary/aromatic N) is 3. The Morgan fingerprint density at radius 1 is 1.02 bits per heavy atom. The normalized spacial score (nSPS) is 17.2. The van der Waals surface area contributed by atoms with E-state index in [1.54, 1.807) is 29.2 Å². The minimum absolute atomic E-state index is 0.0803. The van der Waals surface area contributed by atoms with Crippen molar-refractivity contribution < 1.29 is 36.3 Å². The first kappa shape index (κ1) is 38.2. The molecule has 1 saturated heterocycles. The molecule has 14 heteroatoms. The zero-order valence-electron chi connectivity index (χ0n) is 26.8. The van der Waals surface area contributed by atoms with Gasteiger partial charge < -0.3 is 20.9 Å². The van der Waals surface area contributed by atoms with Crippen molar-refractivity contribution in [2.45, 2.75) is 76.3 Å². The minimum atomic E-state index is -5.17. The quantitative estimate of drug-likeness (QED) is 0.285. The maximum absolute atomic E-state index is 14.1. The van der Waals surface area contributed by atoms with E-state index in [9.17, 15) is 36.3 Å². The van der Waals surface area contributed by atoms with Gasteiger partial charge in [-0.2, -0.15) is 13.2 Å². The number of piperazine rings is 1. The molecule has 0 aromatic heterocycles. The van der Waals surface area contributed by atoms with Gasteiger partial charge in [-0.25, -0.2) is 8.78 Å². The zero-order valence-corrected chi connectivity index (χ0v) is 27.6. The fourth-order valence-corrected chi connectivity index (χ4v) is 5.82. The molecule has 0 saturated carbocycles. The van der Waals surface area contributed by atoms with Crippen LogP contribution in [0.1, 0.15) is 44.7 Å². The minimum Gasteiger partial charge on any atom is -0.342 e. The summed E-state index contributed by atoms with van der Waals surface area (Å²) in [7, 11) is 0. The van der Waals surface area contributed by atoms with Gasteiger partial charge in [-0.1, -0.05) is 49.2 Å². The number of rotatable bonds is 14. The number of halogens is 6. The van der Waals surface area contributed by atoms with Crippen LogP contribution in [0.3, 0.4) is 0 Å². The number of hydrogen-bond donors (Lipinski definition) is 2. The van der Waals surface area contributed by atoms with Crippen LogP contribution in [0.5, 0.6) is 0 Å². The number of alkyl halides is 4. The number of nitrogens with one attached hydrogen (secondary N) is 1. The van der Waals surface area contributed by atoms with Crippen LogP contribution in [0.15, 0.2) is 48.5 Å². The maximum atomic E-state index is 14.1. The molecule has 3 amide bonds. The second-order valence-corrected chi connectivity index (χ2v) is 12.9. The second-order valence-electron chi connectivity index (χ2n) is 12.5. The number of hydrogen-bond acceptors (Lipinski definition) is 5. The first-order valence-electron chi connectivity index (χ1n) is 15.6. The van der Waals surface area contributed by atoms with E-state index in [1.165, 1.54) is 38.1 Å². The summed E-state index contributed by atoms with van der Waals surface area (Å²) >= 11 is 6.04. The van der Waals surface area contributed by atoms with Gasteiger partial charge in [0.25, 0.3) is 0 Å². The van der Waals surface area contributed by atoms with Crippen LogP contribution in [-0.4, -0.2) is 102 Å². The predicted molar refractivity (Wildman–Crippen MR) is 170 cm³/mol. The third-order valence-electron chi connectivity index (χ3n) is 8.18. The fourth-order valence-electron chi connectivity index (χ4n) is 5.70. The highest BCUT2D eigenvalue weighted by molar-refractivity contribution is 6.30. The van der Waals surface area contributed by atoms with E-state index >= 15 is 0 Å². The van der Waals surface area contributed by atoms with Crippen LogP contribution >= 0.6 is 11.6 Å². The third-order valence-corrected chi connectivity index (χ3v) is 8.43. The molecule has 0 bridgehead atoms. The molecule has 3 unspecified atom stereocenters. The highest BCUT2D eigenvalue weighted by Gasteiger charge is 2.44. The van der Waals surface area contributed by atoms with Crippen LogP contribution in [0.2, 0.25) is 5.02 Å². The summed E-state index contributed by atoms with van der Waals surface area (Å²) in [5.74, 6) is -3.48. The van der Waals surface area contributed by atoms with Crippen molar-refractivity contribution in [2.24, 2.45) is 5.73 Å². The lowest BCUT2D eigenvalue weighted by Crippen LogP contribution is -2.64. The summed E-state index contributed by atoms with van der Waals surface area (Å²) in [4.78, 5) is 43.4. The van der Waals surface area contributed by atoms with Gasteiger partial charge in [-0.3, -0.25) is 19.3 Å². The van der Waals surface area contributed by atoms with Crippen molar-refractivity contribution in [3.8, 4) is 0 Å². The van der Waals surface area contributed by atoms with Gasteiger partial charge in [0, 0.05) is 56.3 Å². The molecular formula is C33H43ClF5N5O3. The molecule has 2 aromatic carbocycles. The van der Waals surface area contributed by atoms with Gasteiger partial charge >= 0.3 is 12.1 Å². The molecule has 8 nitrogen and oxygen atoms in total. The van der Waals surface area contributed by atoms with Gasteiger partial charge in [0.05, 0.1) is 5.54 Å².